The van der Waals surface area contributed by atoms with E-state index >= 15 is 0 Å². The van der Waals surface area contributed by atoms with Crippen LogP contribution in [0.15, 0.2) is 41.1 Å². The Kier molecular flexibility index (Phi) is 7.69. The van der Waals surface area contributed by atoms with Gasteiger partial charge in [-0.15, -0.1) is 0 Å². The highest BCUT2D eigenvalue weighted by atomic mass is 32.2. The molecule has 0 heterocycles. The first kappa shape index (κ1) is 22.9. The zero-order valence-electron chi connectivity index (χ0n) is 17.4. The average molecular weight is 438 g/mol. The number of carbonyl (C=O) groups excluding carboxylic acids is 1. The molecule has 2 saturated carbocycles. The first-order valence-electron chi connectivity index (χ1n) is 10.8. The molecule has 0 bridgehead atoms. The van der Waals surface area contributed by atoms with E-state index in [9.17, 15) is 17.6 Å². The highest BCUT2D eigenvalue weighted by molar-refractivity contribution is 7.91. The van der Waals surface area contributed by atoms with Gasteiger partial charge >= 0.3 is 0 Å². The van der Waals surface area contributed by atoms with Gasteiger partial charge in [0.05, 0.1) is 17.0 Å². The first-order chi connectivity index (χ1) is 14.4. The maximum absolute atomic E-state index is 12.9. The highest BCUT2D eigenvalue weighted by Gasteiger charge is 2.45. The lowest BCUT2D eigenvalue weighted by molar-refractivity contribution is -0.124. The van der Waals surface area contributed by atoms with Crippen molar-refractivity contribution in [3.63, 3.8) is 0 Å². The average Bonchev–Trinajstić information content (AvgIpc) is 3.49. The fourth-order valence-corrected chi connectivity index (χ4v) is 6.22. The van der Waals surface area contributed by atoms with Crippen molar-refractivity contribution in [2.24, 2.45) is 17.1 Å². The summed E-state index contributed by atoms with van der Waals surface area (Å²) in [6, 6.07) is 6.27. The number of hydrogen-bond acceptors (Lipinski definition) is 5. The molecule has 5 nitrogen and oxygen atoms in total. The Morgan fingerprint density at radius 2 is 1.97 bits per heavy atom. The summed E-state index contributed by atoms with van der Waals surface area (Å²) in [5.74, 6) is 1.20. The van der Waals surface area contributed by atoms with E-state index in [-0.39, 0.29) is 35.1 Å². The third-order valence-corrected chi connectivity index (χ3v) is 8.40. The molecule has 0 spiro atoms. The Balaban J connectivity index is 1.52. The number of Topliss-reactive ketones (excluding diaryl/α,β-unsaturated/α-hetero) is 1. The summed E-state index contributed by atoms with van der Waals surface area (Å²) >= 11 is 0. The SMILES string of the molecule is NC/C(=C\F)COc1ccc(S(=O)(=O)CC2(CCCC3CCCCC3=O)CC2)cc1. The van der Waals surface area contributed by atoms with E-state index in [1.165, 1.54) is 0 Å². The lowest BCUT2D eigenvalue weighted by atomic mass is 9.83. The molecule has 3 rings (SSSR count). The van der Waals surface area contributed by atoms with Crippen molar-refractivity contribution in [1.82, 2.24) is 0 Å². The molecule has 1 aromatic carbocycles. The van der Waals surface area contributed by atoms with Gasteiger partial charge in [0, 0.05) is 24.5 Å². The number of halogens is 1. The summed E-state index contributed by atoms with van der Waals surface area (Å²) in [6.07, 6.45) is 8.83. The van der Waals surface area contributed by atoms with Gasteiger partial charge in [0.2, 0.25) is 0 Å². The van der Waals surface area contributed by atoms with Crippen LogP contribution in [0, 0.1) is 11.3 Å². The minimum absolute atomic E-state index is 0.0334. The quantitative estimate of drug-likeness (QED) is 0.556. The molecule has 1 aromatic rings. The van der Waals surface area contributed by atoms with Crippen LogP contribution in [0.5, 0.6) is 5.75 Å². The van der Waals surface area contributed by atoms with E-state index in [0.29, 0.717) is 29.9 Å². The summed E-state index contributed by atoms with van der Waals surface area (Å²) in [7, 11) is -3.39. The van der Waals surface area contributed by atoms with Crippen LogP contribution in [0.3, 0.4) is 0 Å². The van der Waals surface area contributed by atoms with Gasteiger partial charge in [-0.1, -0.05) is 12.8 Å². The van der Waals surface area contributed by atoms with Crippen LogP contribution < -0.4 is 10.5 Å². The zero-order valence-corrected chi connectivity index (χ0v) is 18.3. The molecule has 1 atom stereocenters. The first-order valence-corrected chi connectivity index (χ1v) is 12.5. The highest BCUT2D eigenvalue weighted by Crippen LogP contribution is 2.52. The van der Waals surface area contributed by atoms with Crippen molar-refractivity contribution in [3.8, 4) is 5.75 Å². The Morgan fingerprint density at radius 1 is 1.23 bits per heavy atom. The van der Waals surface area contributed by atoms with Gasteiger partial charge in [-0.3, -0.25) is 4.79 Å². The van der Waals surface area contributed by atoms with E-state index in [1.54, 1.807) is 24.3 Å². The molecule has 2 fully saturated rings. The van der Waals surface area contributed by atoms with Crippen molar-refractivity contribution in [2.45, 2.75) is 62.7 Å². The largest absolute Gasteiger partial charge is 0.489 e. The van der Waals surface area contributed by atoms with Gasteiger partial charge in [-0.2, -0.15) is 0 Å². The molecule has 30 heavy (non-hydrogen) atoms. The van der Waals surface area contributed by atoms with Crippen LogP contribution in [-0.2, 0) is 14.6 Å². The molecule has 166 valence electrons. The van der Waals surface area contributed by atoms with Crippen molar-refractivity contribution >= 4 is 15.6 Å². The fraction of sp³-hybridized carbons (Fsp3) is 0.609. The monoisotopic (exact) mass is 437 g/mol. The number of hydrogen-bond donors (Lipinski definition) is 1. The van der Waals surface area contributed by atoms with Gasteiger partial charge in [0.15, 0.2) is 9.84 Å². The molecule has 0 radical (unpaired) electrons. The van der Waals surface area contributed by atoms with Crippen molar-refractivity contribution in [3.05, 3.63) is 36.2 Å². The van der Waals surface area contributed by atoms with Crippen LogP contribution in [-0.4, -0.2) is 33.1 Å². The molecule has 1 unspecified atom stereocenters. The molecule has 0 amide bonds. The number of carbonyl (C=O) groups is 1. The molecule has 2 aliphatic rings. The summed E-state index contributed by atoms with van der Waals surface area (Å²) in [5.41, 5.74) is 5.59. The number of ketones is 1. The number of benzene rings is 1. The molecular formula is C23H32FNO4S. The number of sulfone groups is 1. The number of nitrogens with two attached hydrogens (primary N) is 1. The summed E-state index contributed by atoms with van der Waals surface area (Å²) in [6.45, 7) is 0.103. The topological polar surface area (TPSA) is 86.5 Å². The van der Waals surface area contributed by atoms with E-state index in [1.807, 2.05) is 0 Å². The summed E-state index contributed by atoms with van der Waals surface area (Å²) in [4.78, 5) is 12.3. The van der Waals surface area contributed by atoms with Crippen LogP contribution in [0.25, 0.3) is 0 Å². The second-order valence-corrected chi connectivity index (χ2v) is 10.8. The third-order valence-electron chi connectivity index (χ3n) is 6.42. The molecular weight excluding hydrogens is 405 g/mol. The second kappa shape index (κ2) is 10.1. The lowest BCUT2D eigenvalue weighted by Gasteiger charge is -2.22. The Labute approximate surface area is 178 Å². The molecule has 0 aromatic heterocycles. The molecule has 0 aliphatic heterocycles. The van der Waals surface area contributed by atoms with Gasteiger partial charge in [0.25, 0.3) is 0 Å². The van der Waals surface area contributed by atoms with Gasteiger partial charge in [0.1, 0.15) is 18.1 Å². The van der Waals surface area contributed by atoms with Crippen molar-refractivity contribution in [1.29, 1.82) is 0 Å². The number of ether oxygens (including phenoxy) is 1. The Bertz CT molecular complexity index is 860. The second-order valence-electron chi connectivity index (χ2n) is 8.79. The van der Waals surface area contributed by atoms with Gasteiger partial charge in [-0.25, -0.2) is 12.8 Å². The standard InChI is InChI=1S/C23H32FNO4S/c24-14-18(15-25)16-29-20-7-9-21(10-8-20)30(27,28)17-23(12-13-23)11-3-5-19-4-1-2-6-22(19)26/h7-10,14,19H,1-6,11-13,15-17,25H2/b18-14+. The predicted octanol–water partition coefficient (Wildman–Crippen LogP) is 4.36. The van der Waals surface area contributed by atoms with Crippen LogP contribution in [0.4, 0.5) is 4.39 Å². The van der Waals surface area contributed by atoms with Crippen molar-refractivity contribution < 1.29 is 22.3 Å². The smallest absolute Gasteiger partial charge is 0.178 e. The summed E-state index contributed by atoms with van der Waals surface area (Å²) in [5, 5.41) is 0. The van der Waals surface area contributed by atoms with Gasteiger partial charge in [-0.05, 0) is 68.2 Å². The molecule has 7 heteroatoms. The lowest BCUT2D eigenvalue weighted by Crippen LogP contribution is -2.21. The van der Waals surface area contributed by atoms with Crippen LogP contribution in [0.2, 0.25) is 0 Å². The van der Waals surface area contributed by atoms with E-state index in [0.717, 1.165) is 51.4 Å². The predicted molar refractivity (Wildman–Crippen MR) is 115 cm³/mol. The Morgan fingerprint density at radius 3 is 2.57 bits per heavy atom. The van der Waals surface area contributed by atoms with E-state index in [4.69, 9.17) is 10.5 Å². The van der Waals surface area contributed by atoms with Gasteiger partial charge < -0.3 is 10.5 Å². The van der Waals surface area contributed by atoms with Crippen molar-refractivity contribution in [2.75, 3.05) is 18.9 Å². The van der Waals surface area contributed by atoms with Crippen LogP contribution >= 0.6 is 0 Å². The maximum atomic E-state index is 12.9. The summed E-state index contributed by atoms with van der Waals surface area (Å²) < 4.78 is 43.8. The minimum Gasteiger partial charge on any atom is -0.489 e. The molecule has 2 N–H and O–H groups in total. The maximum Gasteiger partial charge on any atom is 0.178 e. The number of rotatable bonds is 11. The zero-order chi connectivity index (χ0) is 21.6. The van der Waals surface area contributed by atoms with E-state index < -0.39 is 9.84 Å². The fourth-order valence-electron chi connectivity index (χ4n) is 4.27. The van der Waals surface area contributed by atoms with E-state index in [2.05, 4.69) is 0 Å². The van der Waals surface area contributed by atoms with Crippen LogP contribution in [0.1, 0.15) is 57.8 Å². The molecule has 2 aliphatic carbocycles. The Hall–Kier alpha value is -1.73. The normalized spacial score (nSPS) is 21.5. The third kappa shape index (κ3) is 6.14. The molecule has 0 saturated heterocycles. The minimum atomic E-state index is -3.39.